The van der Waals surface area contributed by atoms with Gasteiger partial charge in [0.15, 0.2) is 0 Å². The van der Waals surface area contributed by atoms with Crippen molar-refractivity contribution in [3.63, 3.8) is 0 Å². The highest BCUT2D eigenvalue weighted by atomic mass is 16.1. The smallest absolute Gasteiger partial charge is 0.252 e. The van der Waals surface area contributed by atoms with Crippen LogP contribution < -0.4 is 5.32 Å². The van der Waals surface area contributed by atoms with Gasteiger partial charge in [0.2, 0.25) is 0 Å². The van der Waals surface area contributed by atoms with Crippen LogP contribution in [-0.4, -0.2) is 17.4 Å². The van der Waals surface area contributed by atoms with Gasteiger partial charge in [-0.05, 0) is 25.5 Å². The zero-order chi connectivity index (χ0) is 12.8. The van der Waals surface area contributed by atoms with Crippen LogP contribution in [0.1, 0.15) is 23.7 Å². The summed E-state index contributed by atoms with van der Waals surface area (Å²) < 4.78 is 0. The third-order valence-electron chi connectivity index (χ3n) is 2.68. The fraction of sp³-hybridized carbons (Fsp3) is 0.200. The predicted octanol–water partition coefficient (Wildman–Crippen LogP) is 2.93. The number of rotatable bonds is 4. The third-order valence-corrected chi connectivity index (χ3v) is 2.68. The quantitative estimate of drug-likeness (QED) is 0.659. The van der Waals surface area contributed by atoms with Gasteiger partial charge < -0.3 is 5.32 Å². The molecule has 0 bridgehead atoms. The van der Waals surface area contributed by atoms with Crippen LogP contribution in [0.15, 0.2) is 48.7 Å². The molecule has 1 N–H and O–H groups in total. The predicted molar refractivity (Wildman–Crippen MR) is 73.5 cm³/mol. The molecule has 0 spiro atoms. The maximum atomic E-state index is 11.9. The van der Waals surface area contributed by atoms with Gasteiger partial charge in [0.1, 0.15) is 0 Å². The molecule has 0 aliphatic carbocycles. The van der Waals surface area contributed by atoms with Gasteiger partial charge in [-0.3, -0.25) is 9.78 Å². The molecule has 2 aromatic rings. The average Bonchev–Trinajstić information content (AvgIpc) is 2.43. The lowest BCUT2D eigenvalue weighted by Gasteiger charge is -2.04. The highest BCUT2D eigenvalue weighted by molar-refractivity contribution is 5.97. The first-order valence-corrected chi connectivity index (χ1v) is 6.05. The molecular formula is C15H16N2O. The lowest BCUT2D eigenvalue weighted by Crippen LogP contribution is -2.24. The van der Waals surface area contributed by atoms with Crippen LogP contribution in [0.5, 0.6) is 0 Å². The van der Waals surface area contributed by atoms with Crippen LogP contribution in [0.25, 0.3) is 10.9 Å². The van der Waals surface area contributed by atoms with Crippen LogP contribution in [0.2, 0.25) is 0 Å². The Morgan fingerprint density at radius 2 is 2.22 bits per heavy atom. The van der Waals surface area contributed by atoms with Crippen LogP contribution in [0.3, 0.4) is 0 Å². The maximum Gasteiger partial charge on any atom is 0.252 e. The minimum atomic E-state index is -0.0715. The van der Waals surface area contributed by atoms with Crippen LogP contribution in [0, 0.1) is 0 Å². The van der Waals surface area contributed by atoms with Crippen molar-refractivity contribution >= 4 is 16.8 Å². The Bertz CT molecular complexity index is 575. The van der Waals surface area contributed by atoms with E-state index in [-0.39, 0.29) is 5.91 Å². The number of benzene rings is 1. The van der Waals surface area contributed by atoms with Gasteiger partial charge in [-0.1, -0.05) is 30.4 Å². The summed E-state index contributed by atoms with van der Waals surface area (Å²) in [5.41, 5.74) is 1.51. The summed E-state index contributed by atoms with van der Waals surface area (Å²) in [4.78, 5) is 16.1. The number of pyridine rings is 1. The second-order valence-corrected chi connectivity index (χ2v) is 4.03. The molecule has 3 nitrogen and oxygen atoms in total. The van der Waals surface area contributed by atoms with Crippen LogP contribution in [0.4, 0.5) is 0 Å². The first-order valence-electron chi connectivity index (χ1n) is 6.05. The zero-order valence-corrected chi connectivity index (χ0v) is 10.4. The standard InChI is InChI=1S/C15H16N2O/c1-2-3-6-9-16-15(18)13-10-12-7-4-5-8-14(12)17-11-13/h2-5,7-8,10-11H,6,9H2,1H3,(H,16,18)/b3-2+. The minimum absolute atomic E-state index is 0.0715. The third kappa shape index (κ3) is 2.94. The van der Waals surface area contributed by atoms with Crippen LogP contribution >= 0.6 is 0 Å². The SMILES string of the molecule is C/C=C/CCNC(=O)c1cnc2ccccc2c1. The number of allylic oxidation sites excluding steroid dienone is 1. The molecule has 92 valence electrons. The van der Waals surface area contributed by atoms with E-state index >= 15 is 0 Å². The number of amides is 1. The maximum absolute atomic E-state index is 11.9. The van der Waals surface area contributed by atoms with E-state index in [0.29, 0.717) is 12.1 Å². The second-order valence-electron chi connectivity index (χ2n) is 4.03. The fourth-order valence-electron chi connectivity index (χ4n) is 1.73. The second kappa shape index (κ2) is 5.96. The van der Waals surface area contributed by atoms with Gasteiger partial charge in [-0.25, -0.2) is 0 Å². The summed E-state index contributed by atoms with van der Waals surface area (Å²) in [5, 5.41) is 3.85. The van der Waals surface area contributed by atoms with E-state index in [1.54, 1.807) is 6.20 Å². The minimum Gasteiger partial charge on any atom is -0.352 e. The van der Waals surface area contributed by atoms with E-state index < -0.39 is 0 Å². The molecule has 3 heteroatoms. The summed E-state index contributed by atoms with van der Waals surface area (Å²) in [6.07, 6.45) is 6.47. The first-order chi connectivity index (χ1) is 8.81. The van der Waals surface area contributed by atoms with Gasteiger partial charge in [0.05, 0.1) is 11.1 Å². The molecule has 1 heterocycles. The van der Waals surface area contributed by atoms with Gasteiger partial charge in [0, 0.05) is 18.1 Å². The number of carbonyl (C=O) groups excluding carboxylic acids is 1. The molecule has 0 aliphatic rings. The monoisotopic (exact) mass is 240 g/mol. The van der Waals surface area contributed by atoms with Crippen molar-refractivity contribution in [1.29, 1.82) is 0 Å². The van der Waals surface area contributed by atoms with Crippen molar-refractivity contribution < 1.29 is 4.79 Å². The molecular weight excluding hydrogens is 224 g/mol. The molecule has 1 aromatic heterocycles. The van der Waals surface area contributed by atoms with Crippen molar-refractivity contribution in [3.8, 4) is 0 Å². The number of hydrogen-bond donors (Lipinski definition) is 1. The van der Waals surface area contributed by atoms with Gasteiger partial charge in [-0.15, -0.1) is 0 Å². The molecule has 2 rings (SSSR count). The Hall–Kier alpha value is -2.16. The Balaban J connectivity index is 2.08. The largest absolute Gasteiger partial charge is 0.352 e. The lowest BCUT2D eigenvalue weighted by atomic mass is 10.1. The number of fused-ring (bicyclic) bond motifs is 1. The first kappa shape index (κ1) is 12.3. The molecule has 0 aliphatic heterocycles. The molecule has 18 heavy (non-hydrogen) atoms. The summed E-state index contributed by atoms with van der Waals surface area (Å²) >= 11 is 0. The number of aromatic nitrogens is 1. The van der Waals surface area contributed by atoms with Gasteiger partial charge >= 0.3 is 0 Å². The lowest BCUT2D eigenvalue weighted by molar-refractivity contribution is 0.0954. The molecule has 0 atom stereocenters. The van der Waals surface area contributed by atoms with E-state index in [4.69, 9.17) is 0 Å². The number of hydrogen-bond acceptors (Lipinski definition) is 2. The van der Waals surface area contributed by atoms with Crippen molar-refractivity contribution in [2.45, 2.75) is 13.3 Å². The highest BCUT2D eigenvalue weighted by Gasteiger charge is 2.05. The van der Waals surface area contributed by atoms with E-state index in [9.17, 15) is 4.79 Å². The topological polar surface area (TPSA) is 42.0 Å². The van der Waals surface area contributed by atoms with E-state index in [1.807, 2.05) is 49.4 Å². The zero-order valence-electron chi connectivity index (χ0n) is 10.4. The van der Waals surface area contributed by atoms with Gasteiger partial charge in [0.25, 0.3) is 5.91 Å². The van der Waals surface area contributed by atoms with Crippen molar-refractivity contribution in [2.75, 3.05) is 6.54 Å². The number of carbonyl (C=O) groups is 1. The molecule has 0 radical (unpaired) electrons. The molecule has 1 aromatic carbocycles. The van der Waals surface area contributed by atoms with E-state index in [0.717, 1.165) is 17.3 Å². The molecule has 0 fully saturated rings. The van der Waals surface area contributed by atoms with E-state index in [2.05, 4.69) is 10.3 Å². The average molecular weight is 240 g/mol. The van der Waals surface area contributed by atoms with E-state index in [1.165, 1.54) is 0 Å². The Labute approximate surface area is 107 Å². The van der Waals surface area contributed by atoms with Crippen molar-refractivity contribution in [2.24, 2.45) is 0 Å². The Kier molecular flexibility index (Phi) is 4.07. The van der Waals surface area contributed by atoms with Crippen molar-refractivity contribution in [1.82, 2.24) is 10.3 Å². The number of para-hydroxylation sites is 1. The molecule has 0 saturated heterocycles. The van der Waals surface area contributed by atoms with Crippen LogP contribution in [-0.2, 0) is 0 Å². The summed E-state index contributed by atoms with van der Waals surface area (Å²) in [6, 6.07) is 9.64. The number of nitrogens with zero attached hydrogens (tertiary/aromatic N) is 1. The summed E-state index contributed by atoms with van der Waals surface area (Å²) in [5.74, 6) is -0.0715. The summed E-state index contributed by atoms with van der Waals surface area (Å²) in [6.45, 7) is 2.62. The highest BCUT2D eigenvalue weighted by Crippen LogP contribution is 2.12. The normalized spacial score (nSPS) is 10.9. The Morgan fingerprint density at radius 1 is 1.39 bits per heavy atom. The molecule has 0 saturated carbocycles. The fourth-order valence-corrected chi connectivity index (χ4v) is 1.73. The Morgan fingerprint density at radius 3 is 3.06 bits per heavy atom. The molecule has 1 amide bonds. The van der Waals surface area contributed by atoms with Gasteiger partial charge in [-0.2, -0.15) is 0 Å². The molecule has 0 unspecified atom stereocenters. The number of nitrogens with one attached hydrogen (secondary N) is 1. The summed E-state index contributed by atoms with van der Waals surface area (Å²) in [7, 11) is 0. The van der Waals surface area contributed by atoms with Crippen molar-refractivity contribution in [3.05, 3.63) is 54.2 Å².